The average Bonchev–Trinajstić information content (AvgIpc) is 2.95. The summed E-state index contributed by atoms with van der Waals surface area (Å²) in [6.07, 6.45) is 0. The maximum absolute atomic E-state index is 11.9. The van der Waals surface area contributed by atoms with Crippen LogP contribution in [0.3, 0.4) is 0 Å². The lowest BCUT2D eigenvalue weighted by Crippen LogP contribution is -2.20. The molecule has 1 aromatic carbocycles. The molecule has 0 spiro atoms. The summed E-state index contributed by atoms with van der Waals surface area (Å²) in [5.74, 6) is 0. The molecule has 2 rings (SSSR count). The van der Waals surface area contributed by atoms with Gasteiger partial charge in [-0.15, -0.1) is 11.3 Å². The lowest BCUT2D eigenvalue weighted by molar-refractivity contribution is 0.587. The van der Waals surface area contributed by atoms with Gasteiger partial charge < -0.3 is 5.32 Å². The van der Waals surface area contributed by atoms with Gasteiger partial charge in [-0.2, -0.15) is 0 Å². The molecule has 0 aliphatic rings. The zero-order valence-corrected chi connectivity index (χ0v) is 13.2. The summed E-state index contributed by atoms with van der Waals surface area (Å²) >= 11 is 1.53. The molecule has 5 nitrogen and oxygen atoms in total. The highest BCUT2D eigenvalue weighted by molar-refractivity contribution is 7.89. The first-order valence-electron chi connectivity index (χ1n) is 6.13. The molecule has 0 fully saturated rings. The smallest absolute Gasteiger partial charge is 0.240 e. The van der Waals surface area contributed by atoms with E-state index in [1.807, 2.05) is 18.4 Å². The Kier molecular flexibility index (Phi) is 4.42. The third-order valence-electron chi connectivity index (χ3n) is 3.02. The quantitative estimate of drug-likeness (QED) is 0.890. The van der Waals surface area contributed by atoms with Crippen LogP contribution in [0, 0.1) is 6.92 Å². The van der Waals surface area contributed by atoms with Crippen LogP contribution in [-0.2, 0) is 10.0 Å². The molecule has 0 radical (unpaired) electrons. The fourth-order valence-corrected chi connectivity index (χ4v) is 3.49. The minimum atomic E-state index is -3.44. The zero-order valence-electron chi connectivity index (χ0n) is 11.5. The summed E-state index contributed by atoms with van der Waals surface area (Å²) in [6, 6.07) is 5.33. The van der Waals surface area contributed by atoms with Crippen molar-refractivity contribution < 1.29 is 8.42 Å². The molecule has 0 amide bonds. The van der Waals surface area contributed by atoms with Gasteiger partial charge >= 0.3 is 0 Å². The average molecular weight is 311 g/mol. The van der Waals surface area contributed by atoms with Crippen molar-refractivity contribution >= 4 is 27.0 Å². The molecule has 7 heteroatoms. The van der Waals surface area contributed by atoms with E-state index in [2.05, 4.69) is 15.0 Å². The highest BCUT2D eigenvalue weighted by Crippen LogP contribution is 2.23. The van der Waals surface area contributed by atoms with Crippen LogP contribution in [-0.4, -0.2) is 20.4 Å². The summed E-state index contributed by atoms with van der Waals surface area (Å²) in [4.78, 5) is 4.53. The summed E-state index contributed by atoms with van der Waals surface area (Å²) in [5.41, 5.74) is 4.18. The number of hydrogen-bond donors (Lipinski definition) is 2. The Labute approximate surface area is 123 Å². The zero-order chi connectivity index (χ0) is 14.8. The van der Waals surface area contributed by atoms with Gasteiger partial charge in [0.25, 0.3) is 0 Å². The molecule has 0 aliphatic carbocycles. The van der Waals surface area contributed by atoms with E-state index in [4.69, 9.17) is 0 Å². The molecule has 20 heavy (non-hydrogen) atoms. The van der Waals surface area contributed by atoms with E-state index in [1.165, 1.54) is 18.4 Å². The molecule has 0 bridgehead atoms. The molecular formula is C13H17N3O2S2. The Bertz CT molecular complexity index is 682. The third-order valence-corrected chi connectivity index (χ3v) is 5.19. The number of nitrogens with zero attached hydrogens (tertiary/aromatic N) is 1. The number of anilines is 1. The Morgan fingerprint density at radius 3 is 2.70 bits per heavy atom. The van der Waals surface area contributed by atoms with E-state index < -0.39 is 10.0 Å². The van der Waals surface area contributed by atoms with Crippen LogP contribution in [0.15, 0.2) is 34.0 Å². The number of rotatable bonds is 5. The first kappa shape index (κ1) is 15.0. The van der Waals surface area contributed by atoms with E-state index in [-0.39, 0.29) is 10.9 Å². The van der Waals surface area contributed by atoms with Crippen molar-refractivity contribution in [2.24, 2.45) is 0 Å². The first-order valence-corrected chi connectivity index (χ1v) is 8.55. The fourth-order valence-electron chi connectivity index (χ4n) is 1.85. The molecule has 1 unspecified atom stereocenters. The summed E-state index contributed by atoms with van der Waals surface area (Å²) in [6.45, 7) is 3.76. The maximum Gasteiger partial charge on any atom is 0.240 e. The van der Waals surface area contributed by atoms with Crippen molar-refractivity contribution in [3.63, 3.8) is 0 Å². The second-order valence-electron chi connectivity index (χ2n) is 4.47. The van der Waals surface area contributed by atoms with E-state index in [0.717, 1.165) is 11.4 Å². The van der Waals surface area contributed by atoms with Crippen molar-refractivity contribution in [3.05, 3.63) is 40.3 Å². The lowest BCUT2D eigenvalue weighted by Gasteiger charge is -2.15. The second kappa shape index (κ2) is 5.90. The van der Waals surface area contributed by atoms with Crippen LogP contribution in [0.1, 0.15) is 24.2 Å². The van der Waals surface area contributed by atoms with Gasteiger partial charge in [0.05, 0.1) is 22.1 Å². The summed E-state index contributed by atoms with van der Waals surface area (Å²) in [5, 5.41) is 5.23. The van der Waals surface area contributed by atoms with E-state index in [9.17, 15) is 8.42 Å². The molecule has 108 valence electrons. The maximum atomic E-state index is 11.9. The van der Waals surface area contributed by atoms with Gasteiger partial charge in [-0.1, -0.05) is 6.07 Å². The molecular weight excluding hydrogens is 294 g/mol. The number of aryl methyl sites for hydroxylation is 1. The van der Waals surface area contributed by atoms with Crippen molar-refractivity contribution in [1.82, 2.24) is 9.71 Å². The van der Waals surface area contributed by atoms with E-state index in [0.29, 0.717) is 5.56 Å². The van der Waals surface area contributed by atoms with Gasteiger partial charge in [-0.05, 0) is 38.6 Å². The van der Waals surface area contributed by atoms with Crippen LogP contribution in [0.2, 0.25) is 0 Å². The molecule has 1 aromatic heterocycles. The number of benzene rings is 1. The second-order valence-corrected chi connectivity index (χ2v) is 7.04. The summed E-state index contributed by atoms with van der Waals surface area (Å²) in [7, 11) is -2.04. The highest BCUT2D eigenvalue weighted by atomic mass is 32.2. The number of sulfonamides is 1. The van der Waals surface area contributed by atoms with Crippen LogP contribution in [0.25, 0.3) is 0 Å². The van der Waals surface area contributed by atoms with Gasteiger partial charge in [-0.25, -0.2) is 18.1 Å². The van der Waals surface area contributed by atoms with Crippen molar-refractivity contribution in [2.45, 2.75) is 24.8 Å². The van der Waals surface area contributed by atoms with E-state index >= 15 is 0 Å². The minimum absolute atomic E-state index is 0.0223. The number of thiazole rings is 1. The Morgan fingerprint density at radius 2 is 2.10 bits per heavy atom. The standard InChI is InChI=1S/C13H17N3O2S2/c1-9-4-5-11(6-13(9)20(17,18)14-3)16-10(2)12-7-19-8-15-12/h4-8,10,14,16H,1-3H3. The highest BCUT2D eigenvalue weighted by Gasteiger charge is 2.16. The fraction of sp³-hybridized carbons (Fsp3) is 0.308. The Hall–Kier alpha value is -1.44. The van der Waals surface area contributed by atoms with E-state index in [1.54, 1.807) is 24.6 Å². The predicted octanol–water partition coefficient (Wildman–Crippen LogP) is 2.53. The molecule has 0 aliphatic heterocycles. The van der Waals surface area contributed by atoms with Crippen LogP contribution in [0.4, 0.5) is 5.69 Å². The normalized spacial score (nSPS) is 13.2. The molecule has 0 saturated heterocycles. The monoisotopic (exact) mass is 311 g/mol. The minimum Gasteiger partial charge on any atom is -0.377 e. The van der Waals surface area contributed by atoms with Crippen LogP contribution >= 0.6 is 11.3 Å². The Balaban J connectivity index is 2.28. The van der Waals surface area contributed by atoms with Gasteiger partial charge in [0, 0.05) is 11.1 Å². The van der Waals surface area contributed by atoms with Gasteiger partial charge in [0.15, 0.2) is 0 Å². The van der Waals surface area contributed by atoms with Crippen molar-refractivity contribution in [1.29, 1.82) is 0 Å². The third kappa shape index (κ3) is 3.17. The topological polar surface area (TPSA) is 71.1 Å². The number of nitrogens with one attached hydrogen (secondary N) is 2. The molecule has 2 aromatic rings. The SMILES string of the molecule is CNS(=O)(=O)c1cc(NC(C)c2cscn2)ccc1C. The van der Waals surface area contributed by atoms with Crippen LogP contribution < -0.4 is 10.0 Å². The van der Waals surface area contributed by atoms with Crippen molar-refractivity contribution in [3.8, 4) is 0 Å². The molecule has 1 heterocycles. The predicted molar refractivity (Wildman–Crippen MR) is 81.6 cm³/mol. The largest absolute Gasteiger partial charge is 0.377 e. The Morgan fingerprint density at radius 1 is 1.35 bits per heavy atom. The lowest BCUT2D eigenvalue weighted by atomic mass is 10.2. The molecule has 2 N–H and O–H groups in total. The van der Waals surface area contributed by atoms with Gasteiger partial charge in [-0.3, -0.25) is 0 Å². The van der Waals surface area contributed by atoms with Crippen molar-refractivity contribution in [2.75, 3.05) is 12.4 Å². The first-order chi connectivity index (χ1) is 9.44. The van der Waals surface area contributed by atoms with Gasteiger partial charge in [0.2, 0.25) is 10.0 Å². The summed E-state index contributed by atoms with van der Waals surface area (Å²) < 4.78 is 26.2. The number of aromatic nitrogens is 1. The number of hydrogen-bond acceptors (Lipinski definition) is 5. The molecule has 0 saturated carbocycles. The van der Waals surface area contributed by atoms with Gasteiger partial charge in [0.1, 0.15) is 0 Å². The van der Waals surface area contributed by atoms with Crippen LogP contribution in [0.5, 0.6) is 0 Å². The molecule has 1 atom stereocenters.